The molecule has 22 heavy (non-hydrogen) atoms. The van der Waals surface area contributed by atoms with E-state index in [4.69, 9.17) is 9.47 Å². The fraction of sp³-hybridized carbons (Fsp3) is 0.667. The molecule has 0 aromatic heterocycles. The summed E-state index contributed by atoms with van der Waals surface area (Å²) in [6.45, 7) is 1.92. The van der Waals surface area contributed by atoms with Gasteiger partial charge in [-0.3, -0.25) is 4.90 Å². The average Bonchev–Trinajstić information content (AvgIpc) is 3.17. The number of likely N-dealkylation sites (tertiary alicyclic amines) is 1. The first-order valence-corrected chi connectivity index (χ1v) is 8.42. The van der Waals surface area contributed by atoms with Crippen molar-refractivity contribution in [3.05, 3.63) is 29.8 Å². The Labute approximate surface area is 133 Å². The molecule has 1 aliphatic carbocycles. The molecule has 1 saturated heterocycles. The van der Waals surface area contributed by atoms with Crippen molar-refractivity contribution < 1.29 is 14.6 Å². The minimum Gasteiger partial charge on any atom is -0.490 e. The molecule has 4 heteroatoms. The molecule has 1 aliphatic heterocycles. The van der Waals surface area contributed by atoms with E-state index in [0.717, 1.165) is 25.3 Å². The van der Waals surface area contributed by atoms with Crippen LogP contribution in [0.4, 0.5) is 0 Å². The molecule has 4 nitrogen and oxygen atoms in total. The number of rotatable bonds is 6. The van der Waals surface area contributed by atoms with Gasteiger partial charge < -0.3 is 14.6 Å². The number of hydrogen-bond acceptors (Lipinski definition) is 4. The Bertz CT molecular complexity index is 473. The number of ether oxygens (including phenoxy) is 2. The van der Waals surface area contributed by atoms with Crippen LogP contribution in [0.15, 0.2) is 24.3 Å². The van der Waals surface area contributed by atoms with E-state index >= 15 is 0 Å². The highest BCUT2D eigenvalue weighted by atomic mass is 16.5. The van der Waals surface area contributed by atoms with Crippen molar-refractivity contribution >= 4 is 0 Å². The van der Waals surface area contributed by atoms with Crippen LogP contribution in [-0.4, -0.2) is 48.5 Å². The fourth-order valence-corrected chi connectivity index (χ4v) is 3.64. The molecule has 1 aromatic rings. The summed E-state index contributed by atoms with van der Waals surface area (Å²) < 4.78 is 11.5. The van der Waals surface area contributed by atoms with E-state index in [2.05, 4.69) is 23.1 Å². The first-order chi connectivity index (χ1) is 10.8. The van der Waals surface area contributed by atoms with Crippen LogP contribution in [0, 0.1) is 0 Å². The van der Waals surface area contributed by atoms with Crippen molar-refractivity contribution in [3.63, 3.8) is 0 Å². The van der Waals surface area contributed by atoms with Gasteiger partial charge in [0.2, 0.25) is 0 Å². The molecule has 2 aliphatic rings. The molecule has 0 unspecified atom stereocenters. The number of aliphatic hydroxyl groups is 1. The first-order valence-electron chi connectivity index (χ1n) is 8.42. The van der Waals surface area contributed by atoms with Crippen LogP contribution < -0.4 is 4.74 Å². The summed E-state index contributed by atoms with van der Waals surface area (Å²) in [6.07, 6.45) is 6.46. The summed E-state index contributed by atoms with van der Waals surface area (Å²) in [4.78, 5) is 2.31. The topological polar surface area (TPSA) is 41.9 Å². The summed E-state index contributed by atoms with van der Waals surface area (Å²) >= 11 is 0. The second kappa shape index (κ2) is 7.44. The normalized spacial score (nSPS) is 26.6. The first kappa shape index (κ1) is 15.8. The third-order valence-corrected chi connectivity index (χ3v) is 4.92. The van der Waals surface area contributed by atoms with Gasteiger partial charge in [0.15, 0.2) is 0 Å². The van der Waals surface area contributed by atoms with Crippen LogP contribution in [0.25, 0.3) is 0 Å². The van der Waals surface area contributed by atoms with Crippen molar-refractivity contribution in [2.24, 2.45) is 0 Å². The maximum atomic E-state index is 9.55. The second-order valence-corrected chi connectivity index (χ2v) is 6.53. The molecule has 0 bridgehead atoms. The number of aliphatic hydroxyl groups excluding tert-OH is 1. The minimum absolute atomic E-state index is 0.193. The van der Waals surface area contributed by atoms with E-state index in [9.17, 15) is 5.11 Å². The lowest BCUT2D eigenvalue weighted by Gasteiger charge is -2.23. The lowest BCUT2D eigenvalue weighted by atomic mass is 10.1. The standard InChI is InChI=1S/C18H27NO3/c1-21-18-10-15(13-20)19(12-18)11-14-5-4-8-17(9-14)22-16-6-2-3-7-16/h4-5,8-9,15-16,18,20H,2-3,6-7,10-13H2,1H3/t15-,18-/m0/s1. The van der Waals surface area contributed by atoms with E-state index in [0.29, 0.717) is 6.10 Å². The molecule has 3 rings (SSSR count). The molecule has 0 spiro atoms. The number of benzene rings is 1. The molecule has 1 saturated carbocycles. The number of nitrogens with zero attached hydrogens (tertiary/aromatic N) is 1. The van der Waals surface area contributed by atoms with Gasteiger partial charge in [0.25, 0.3) is 0 Å². The van der Waals surface area contributed by atoms with Crippen LogP contribution in [0.1, 0.15) is 37.7 Å². The van der Waals surface area contributed by atoms with Crippen LogP contribution >= 0.6 is 0 Å². The molecule has 0 amide bonds. The van der Waals surface area contributed by atoms with Gasteiger partial charge in [-0.15, -0.1) is 0 Å². The molecular weight excluding hydrogens is 278 g/mol. The zero-order valence-corrected chi connectivity index (χ0v) is 13.4. The zero-order valence-electron chi connectivity index (χ0n) is 13.4. The van der Waals surface area contributed by atoms with Crippen molar-refractivity contribution in [2.45, 2.75) is 56.9 Å². The van der Waals surface area contributed by atoms with E-state index in [1.807, 2.05) is 6.07 Å². The highest BCUT2D eigenvalue weighted by Gasteiger charge is 2.31. The molecule has 1 heterocycles. The largest absolute Gasteiger partial charge is 0.490 e. The molecule has 1 aromatic carbocycles. The van der Waals surface area contributed by atoms with Gasteiger partial charge in [0.05, 0.1) is 18.8 Å². The smallest absolute Gasteiger partial charge is 0.120 e. The van der Waals surface area contributed by atoms with Gasteiger partial charge in [0.1, 0.15) is 5.75 Å². The van der Waals surface area contributed by atoms with Gasteiger partial charge in [-0.25, -0.2) is 0 Å². The molecule has 1 N–H and O–H groups in total. The highest BCUT2D eigenvalue weighted by molar-refractivity contribution is 5.29. The Morgan fingerprint density at radius 3 is 2.77 bits per heavy atom. The monoisotopic (exact) mass is 305 g/mol. The summed E-state index contributed by atoms with van der Waals surface area (Å²) in [5, 5.41) is 9.55. The predicted molar refractivity (Wildman–Crippen MR) is 86.0 cm³/mol. The van der Waals surface area contributed by atoms with E-state index < -0.39 is 0 Å². The maximum Gasteiger partial charge on any atom is 0.120 e. The van der Waals surface area contributed by atoms with E-state index in [-0.39, 0.29) is 18.8 Å². The molecule has 122 valence electrons. The lowest BCUT2D eigenvalue weighted by molar-refractivity contribution is 0.107. The van der Waals surface area contributed by atoms with Crippen LogP contribution in [0.5, 0.6) is 5.75 Å². The maximum absolute atomic E-state index is 9.55. The van der Waals surface area contributed by atoms with E-state index in [1.165, 1.54) is 31.2 Å². The molecule has 2 atom stereocenters. The third kappa shape index (κ3) is 3.80. The summed E-state index contributed by atoms with van der Waals surface area (Å²) in [7, 11) is 1.75. The fourth-order valence-electron chi connectivity index (χ4n) is 3.64. The predicted octanol–water partition coefficient (Wildman–Crippen LogP) is 2.59. The Balaban J connectivity index is 1.62. The third-order valence-electron chi connectivity index (χ3n) is 4.92. The zero-order chi connectivity index (χ0) is 15.4. The lowest BCUT2D eigenvalue weighted by Crippen LogP contribution is -2.31. The minimum atomic E-state index is 0.193. The van der Waals surface area contributed by atoms with E-state index in [1.54, 1.807) is 7.11 Å². The summed E-state index contributed by atoms with van der Waals surface area (Å²) in [5.74, 6) is 0.979. The molecule has 0 radical (unpaired) electrons. The SMILES string of the molecule is CO[C@H]1C[C@@H](CO)N(Cc2cccc(OC3CCCC3)c2)C1. The average molecular weight is 305 g/mol. The molecule has 2 fully saturated rings. The van der Waals surface area contributed by atoms with Gasteiger partial charge in [-0.05, 0) is 49.8 Å². The second-order valence-electron chi connectivity index (χ2n) is 6.53. The number of methoxy groups -OCH3 is 1. The molecular formula is C18H27NO3. The van der Waals surface area contributed by atoms with Crippen molar-refractivity contribution in [1.29, 1.82) is 0 Å². The van der Waals surface area contributed by atoms with Crippen LogP contribution in [0.2, 0.25) is 0 Å². The Morgan fingerprint density at radius 1 is 1.23 bits per heavy atom. The Hall–Kier alpha value is -1.10. The van der Waals surface area contributed by atoms with Crippen molar-refractivity contribution in [3.8, 4) is 5.75 Å². The van der Waals surface area contributed by atoms with Crippen LogP contribution in [-0.2, 0) is 11.3 Å². The van der Waals surface area contributed by atoms with Gasteiger partial charge >= 0.3 is 0 Å². The van der Waals surface area contributed by atoms with Crippen molar-refractivity contribution in [1.82, 2.24) is 4.90 Å². The van der Waals surface area contributed by atoms with Crippen LogP contribution in [0.3, 0.4) is 0 Å². The summed E-state index contributed by atoms with van der Waals surface area (Å²) in [6, 6.07) is 8.59. The Morgan fingerprint density at radius 2 is 2.05 bits per heavy atom. The number of hydrogen-bond donors (Lipinski definition) is 1. The van der Waals surface area contributed by atoms with Gasteiger partial charge in [-0.1, -0.05) is 12.1 Å². The Kier molecular flexibility index (Phi) is 5.34. The highest BCUT2D eigenvalue weighted by Crippen LogP contribution is 2.26. The van der Waals surface area contributed by atoms with Gasteiger partial charge in [0, 0.05) is 26.2 Å². The quantitative estimate of drug-likeness (QED) is 0.877. The van der Waals surface area contributed by atoms with Crippen molar-refractivity contribution in [2.75, 3.05) is 20.3 Å². The summed E-state index contributed by atoms with van der Waals surface area (Å²) in [5.41, 5.74) is 1.24. The van der Waals surface area contributed by atoms with Gasteiger partial charge in [-0.2, -0.15) is 0 Å².